The van der Waals surface area contributed by atoms with E-state index < -0.39 is 0 Å². The summed E-state index contributed by atoms with van der Waals surface area (Å²) in [5, 5.41) is 0. The minimum atomic E-state index is -0.336. The van der Waals surface area contributed by atoms with Crippen LogP contribution in [0.4, 0.5) is 0 Å². The van der Waals surface area contributed by atoms with E-state index in [2.05, 4.69) is 0 Å². The van der Waals surface area contributed by atoms with Crippen molar-refractivity contribution in [1.82, 2.24) is 18.7 Å². The van der Waals surface area contributed by atoms with Gasteiger partial charge in [-0.2, -0.15) is 0 Å². The van der Waals surface area contributed by atoms with Gasteiger partial charge in [0.05, 0.1) is 11.4 Å². The molecule has 0 radical (unpaired) electrons. The second-order valence-electron chi connectivity index (χ2n) is 7.67. The third-order valence-corrected chi connectivity index (χ3v) is 6.06. The van der Waals surface area contributed by atoms with Gasteiger partial charge in [0, 0.05) is 42.5 Å². The summed E-state index contributed by atoms with van der Waals surface area (Å²) >= 11 is 0. The molecule has 2 aromatic heterocycles. The molecule has 154 valence electrons. The van der Waals surface area contributed by atoms with Gasteiger partial charge in [-0.25, -0.2) is 9.36 Å². The molecule has 0 aliphatic carbocycles. The van der Waals surface area contributed by atoms with Crippen molar-refractivity contribution < 1.29 is 0 Å². The molecule has 0 N–H and O–H groups in total. The number of hydrogen-bond acceptors (Lipinski definition) is 2. The molecule has 6 heteroatoms. The highest BCUT2D eigenvalue weighted by molar-refractivity contribution is 5.41. The summed E-state index contributed by atoms with van der Waals surface area (Å²) in [5.74, 6) is -0.336. The van der Waals surface area contributed by atoms with E-state index >= 15 is 0 Å². The lowest BCUT2D eigenvalue weighted by Crippen LogP contribution is -2.25. The van der Waals surface area contributed by atoms with Crippen molar-refractivity contribution in [2.45, 2.75) is 26.7 Å². The first-order valence-corrected chi connectivity index (χ1v) is 10.0. The quantitative estimate of drug-likeness (QED) is 0.525. The van der Waals surface area contributed by atoms with E-state index in [1.165, 1.54) is 0 Å². The Bertz CT molecular complexity index is 1220. The maximum atomic E-state index is 13.4. The summed E-state index contributed by atoms with van der Waals surface area (Å²) in [7, 11) is 3.75. The van der Waals surface area contributed by atoms with Gasteiger partial charge in [0.15, 0.2) is 0 Å². The summed E-state index contributed by atoms with van der Waals surface area (Å²) in [6.45, 7) is 5.81. The number of aromatic nitrogens is 4. The largest absolute Gasteiger partial charge is 0.285 e. The minimum absolute atomic E-state index is 0.0948. The molecule has 0 fully saturated rings. The van der Waals surface area contributed by atoms with Crippen LogP contribution in [0, 0.1) is 13.8 Å². The van der Waals surface area contributed by atoms with E-state index in [0.29, 0.717) is 11.1 Å². The van der Waals surface area contributed by atoms with Crippen molar-refractivity contribution in [2.75, 3.05) is 0 Å². The Morgan fingerprint density at radius 2 is 0.967 bits per heavy atom. The van der Waals surface area contributed by atoms with Crippen LogP contribution >= 0.6 is 0 Å². The first-order chi connectivity index (χ1) is 14.3. The lowest BCUT2D eigenvalue weighted by molar-refractivity contribution is 0.630. The zero-order valence-corrected chi connectivity index (χ0v) is 18.0. The molecule has 2 aromatic carbocycles. The molecule has 6 nitrogen and oxygen atoms in total. The van der Waals surface area contributed by atoms with Crippen LogP contribution in [0.5, 0.6) is 0 Å². The maximum Gasteiger partial charge on any atom is 0.275 e. The molecule has 0 spiro atoms. The molecule has 30 heavy (non-hydrogen) atoms. The van der Waals surface area contributed by atoms with Crippen LogP contribution in [0.1, 0.15) is 35.4 Å². The average Bonchev–Trinajstić information content (AvgIpc) is 3.11. The highest BCUT2D eigenvalue weighted by Gasteiger charge is 2.28. The van der Waals surface area contributed by atoms with Crippen LogP contribution in [-0.4, -0.2) is 18.7 Å². The lowest BCUT2D eigenvalue weighted by atomic mass is 9.93. The van der Waals surface area contributed by atoms with Crippen molar-refractivity contribution in [3.63, 3.8) is 0 Å². The van der Waals surface area contributed by atoms with Crippen LogP contribution in [0.15, 0.2) is 70.3 Å². The molecule has 4 aromatic rings. The fraction of sp³-hybridized carbons (Fsp3) is 0.250. The first kappa shape index (κ1) is 19.8. The van der Waals surface area contributed by atoms with E-state index in [4.69, 9.17) is 0 Å². The molecular formula is C24H26N4O2. The van der Waals surface area contributed by atoms with Gasteiger partial charge in [-0.1, -0.05) is 43.3 Å². The zero-order valence-electron chi connectivity index (χ0n) is 18.0. The summed E-state index contributed by atoms with van der Waals surface area (Å²) in [6.07, 6.45) is 0. The molecule has 0 bridgehead atoms. The molecule has 0 aliphatic rings. The maximum absolute atomic E-state index is 13.4. The number of para-hydroxylation sites is 2. The molecule has 0 saturated carbocycles. The van der Waals surface area contributed by atoms with E-state index in [1.54, 1.807) is 9.36 Å². The Morgan fingerprint density at radius 3 is 1.30 bits per heavy atom. The Balaban J connectivity index is 1.91. The second-order valence-corrected chi connectivity index (χ2v) is 7.67. The van der Waals surface area contributed by atoms with Crippen molar-refractivity contribution in [3.8, 4) is 11.4 Å². The number of hydrogen-bond donors (Lipinski definition) is 0. The zero-order chi connectivity index (χ0) is 21.6. The SMILES string of the molecule is Cc1c(C(C)c2c(C)n(C)n(-c3ccccc3)c2=O)c(=O)n(-c2ccccc2)n1C. The van der Waals surface area contributed by atoms with Crippen LogP contribution in [0.2, 0.25) is 0 Å². The third-order valence-electron chi connectivity index (χ3n) is 6.06. The summed E-state index contributed by atoms with van der Waals surface area (Å²) in [4.78, 5) is 26.9. The first-order valence-electron chi connectivity index (χ1n) is 10.0. The van der Waals surface area contributed by atoms with E-state index in [-0.39, 0.29) is 17.0 Å². The van der Waals surface area contributed by atoms with Gasteiger partial charge in [0.1, 0.15) is 0 Å². The molecule has 0 unspecified atom stereocenters. The smallest absolute Gasteiger partial charge is 0.275 e. The van der Waals surface area contributed by atoms with Crippen molar-refractivity contribution in [2.24, 2.45) is 14.1 Å². The monoisotopic (exact) mass is 402 g/mol. The van der Waals surface area contributed by atoms with Gasteiger partial charge in [-0.15, -0.1) is 0 Å². The Morgan fingerprint density at radius 1 is 0.633 bits per heavy atom. The van der Waals surface area contributed by atoms with Gasteiger partial charge in [-0.3, -0.25) is 19.0 Å². The Labute approximate surface area is 175 Å². The van der Waals surface area contributed by atoms with Crippen LogP contribution in [0.3, 0.4) is 0 Å². The summed E-state index contributed by atoms with van der Waals surface area (Å²) in [5.41, 5.74) is 4.41. The summed E-state index contributed by atoms with van der Waals surface area (Å²) in [6, 6.07) is 19.1. The Hall–Kier alpha value is -3.54. The highest BCUT2D eigenvalue weighted by Crippen LogP contribution is 2.26. The van der Waals surface area contributed by atoms with Gasteiger partial charge in [0.2, 0.25) is 0 Å². The predicted octanol–water partition coefficient (Wildman–Crippen LogP) is 3.43. The minimum Gasteiger partial charge on any atom is -0.285 e. The lowest BCUT2D eigenvalue weighted by Gasteiger charge is -2.09. The Kier molecular flexibility index (Phi) is 4.86. The third kappa shape index (κ3) is 2.87. The topological polar surface area (TPSA) is 53.9 Å². The molecule has 2 heterocycles. The van der Waals surface area contributed by atoms with Crippen LogP contribution in [0.25, 0.3) is 11.4 Å². The molecule has 0 saturated heterocycles. The predicted molar refractivity (Wildman–Crippen MR) is 119 cm³/mol. The molecule has 0 aliphatic heterocycles. The molecule has 0 amide bonds. The van der Waals surface area contributed by atoms with E-state index in [9.17, 15) is 9.59 Å². The molecule has 0 atom stereocenters. The fourth-order valence-electron chi connectivity index (χ4n) is 4.32. The number of nitrogens with zero attached hydrogens (tertiary/aromatic N) is 4. The molecular weight excluding hydrogens is 376 g/mol. The van der Waals surface area contributed by atoms with Crippen molar-refractivity contribution >= 4 is 0 Å². The van der Waals surface area contributed by atoms with Gasteiger partial charge in [-0.05, 0) is 38.1 Å². The van der Waals surface area contributed by atoms with Crippen LogP contribution in [-0.2, 0) is 14.1 Å². The van der Waals surface area contributed by atoms with Gasteiger partial charge in [0.25, 0.3) is 11.1 Å². The number of rotatable bonds is 4. The highest BCUT2D eigenvalue weighted by atomic mass is 16.1. The second kappa shape index (κ2) is 7.37. The summed E-state index contributed by atoms with van der Waals surface area (Å²) < 4.78 is 7.04. The fourth-order valence-corrected chi connectivity index (χ4v) is 4.32. The van der Waals surface area contributed by atoms with Gasteiger partial charge < -0.3 is 0 Å². The number of benzene rings is 2. The standard InChI is InChI=1S/C24H26N4O2/c1-16(21-17(2)25(4)27(23(21)29)19-12-8-6-9-13-19)22-18(3)26(5)28(24(22)30)20-14-10-7-11-15-20/h6-16H,1-5H3. The van der Waals surface area contributed by atoms with Crippen molar-refractivity contribution in [1.29, 1.82) is 0 Å². The molecule has 4 rings (SSSR count). The van der Waals surface area contributed by atoms with Crippen LogP contribution < -0.4 is 11.1 Å². The van der Waals surface area contributed by atoms with E-state index in [0.717, 1.165) is 22.8 Å². The van der Waals surface area contributed by atoms with E-state index in [1.807, 2.05) is 105 Å². The van der Waals surface area contributed by atoms with Crippen molar-refractivity contribution in [3.05, 3.63) is 104 Å². The average molecular weight is 402 g/mol. The van der Waals surface area contributed by atoms with Gasteiger partial charge >= 0.3 is 0 Å². The normalized spacial score (nSPS) is 11.4.